The summed E-state index contributed by atoms with van der Waals surface area (Å²) in [5, 5.41) is 2.69. The number of anilines is 1. The number of carbonyl (C=O) groups excluding carboxylic acids is 1. The van der Waals surface area contributed by atoms with Gasteiger partial charge in [-0.1, -0.05) is 48.0 Å². The minimum Gasteiger partial charge on any atom is -0.356 e. The Morgan fingerprint density at radius 1 is 0.833 bits per heavy atom. The molecule has 1 aliphatic heterocycles. The average molecular weight is 439 g/mol. The Kier molecular flexibility index (Phi) is 5.11. The van der Waals surface area contributed by atoms with Gasteiger partial charge in [-0.2, -0.15) is 0 Å². The third-order valence-corrected chi connectivity index (χ3v) is 5.22. The van der Waals surface area contributed by atoms with Gasteiger partial charge in [0.15, 0.2) is 23.3 Å². The molecule has 0 radical (unpaired) electrons. The van der Waals surface area contributed by atoms with Crippen molar-refractivity contribution in [3.05, 3.63) is 99.3 Å². The topological polar surface area (TPSA) is 32.3 Å². The number of rotatable bonds is 4. The second kappa shape index (κ2) is 7.60. The molecule has 0 spiro atoms. The van der Waals surface area contributed by atoms with Crippen molar-refractivity contribution < 1.29 is 26.7 Å². The van der Waals surface area contributed by atoms with Gasteiger partial charge in [0, 0.05) is 22.7 Å². The predicted octanol–water partition coefficient (Wildman–Crippen LogP) is 5.80. The molecule has 1 amide bonds. The number of fused-ring (bicyclic) bond motifs is 1. The number of carbonyl (C=O) groups is 1. The first-order valence-electron chi connectivity index (χ1n) is 8.72. The van der Waals surface area contributed by atoms with Crippen LogP contribution in [-0.2, 0) is 6.54 Å². The number of amides is 1. The molecule has 9 heteroatoms. The normalized spacial score (nSPS) is 15.5. The summed E-state index contributed by atoms with van der Waals surface area (Å²) >= 11 is 6.16. The van der Waals surface area contributed by atoms with Crippen LogP contribution < -0.4 is 5.32 Å². The van der Waals surface area contributed by atoms with Crippen molar-refractivity contribution in [2.45, 2.75) is 12.7 Å². The largest absolute Gasteiger partial charge is 0.356 e. The zero-order valence-corrected chi connectivity index (χ0v) is 15.8. The molecule has 0 saturated heterocycles. The molecule has 0 aliphatic carbocycles. The van der Waals surface area contributed by atoms with E-state index in [1.54, 1.807) is 36.4 Å². The molecule has 3 nitrogen and oxygen atoms in total. The number of hydrogen-bond donors (Lipinski definition) is 1. The van der Waals surface area contributed by atoms with E-state index in [1.165, 1.54) is 17.0 Å². The highest BCUT2D eigenvalue weighted by atomic mass is 35.5. The van der Waals surface area contributed by atoms with Gasteiger partial charge in [-0.05, 0) is 17.7 Å². The predicted molar refractivity (Wildman–Crippen MR) is 100 cm³/mol. The molecular weight excluding hydrogens is 427 g/mol. The molecule has 3 aromatic carbocycles. The zero-order chi connectivity index (χ0) is 21.6. The van der Waals surface area contributed by atoms with Crippen molar-refractivity contribution in [2.75, 3.05) is 5.32 Å². The number of halogens is 6. The SMILES string of the molecule is O=C1c2ccccc2[C@H](Nc2c(F)c(F)c(F)c(F)c2F)N1Cc1ccccc1Cl. The second-order valence-electron chi connectivity index (χ2n) is 6.60. The molecule has 1 aliphatic rings. The number of hydrogen-bond acceptors (Lipinski definition) is 2. The summed E-state index contributed by atoms with van der Waals surface area (Å²) in [6.45, 7) is -0.0553. The lowest BCUT2D eigenvalue weighted by Gasteiger charge is -2.28. The molecule has 3 aromatic rings. The quantitative estimate of drug-likeness (QED) is 0.317. The van der Waals surface area contributed by atoms with Gasteiger partial charge in [0.25, 0.3) is 5.91 Å². The van der Waals surface area contributed by atoms with Gasteiger partial charge in [0.2, 0.25) is 5.82 Å². The lowest BCUT2D eigenvalue weighted by molar-refractivity contribution is 0.0728. The standard InChI is InChI=1S/C21H12ClF5N2O/c22-13-8-4-1-5-10(13)9-29-20(11-6-2-3-7-12(11)21(29)30)28-19-17(26)15(24)14(23)16(25)18(19)27/h1-8,20,28H,9H2/t20-/m1/s1. The van der Waals surface area contributed by atoms with E-state index >= 15 is 0 Å². The Morgan fingerprint density at radius 2 is 1.40 bits per heavy atom. The summed E-state index contributed by atoms with van der Waals surface area (Å²) in [5.74, 6) is -10.9. The monoisotopic (exact) mass is 438 g/mol. The Morgan fingerprint density at radius 3 is 2.07 bits per heavy atom. The van der Waals surface area contributed by atoms with Crippen LogP contribution in [0.3, 0.4) is 0 Å². The number of benzene rings is 3. The summed E-state index contributed by atoms with van der Waals surface area (Å²) in [4.78, 5) is 14.1. The summed E-state index contributed by atoms with van der Waals surface area (Å²) in [7, 11) is 0. The number of nitrogens with one attached hydrogen (secondary N) is 1. The Balaban J connectivity index is 1.80. The zero-order valence-electron chi connectivity index (χ0n) is 15.0. The first-order chi connectivity index (χ1) is 14.3. The highest BCUT2D eigenvalue weighted by Gasteiger charge is 2.38. The second-order valence-corrected chi connectivity index (χ2v) is 7.01. The van der Waals surface area contributed by atoms with E-state index in [1.807, 2.05) is 0 Å². The van der Waals surface area contributed by atoms with Gasteiger partial charge in [-0.3, -0.25) is 4.79 Å². The summed E-state index contributed by atoms with van der Waals surface area (Å²) in [5.41, 5.74) is -0.0981. The van der Waals surface area contributed by atoms with Crippen LogP contribution in [0.2, 0.25) is 5.02 Å². The minimum absolute atomic E-state index is 0.0553. The maximum Gasteiger partial charge on any atom is 0.256 e. The van der Waals surface area contributed by atoms with E-state index < -0.39 is 46.8 Å². The number of nitrogens with zero attached hydrogens (tertiary/aromatic N) is 1. The van der Waals surface area contributed by atoms with E-state index in [4.69, 9.17) is 11.6 Å². The molecule has 0 fully saturated rings. The first kappa shape index (κ1) is 20.2. The van der Waals surface area contributed by atoms with Crippen LogP contribution in [0, 0.1) is 29.1 Å². The molecule has 154 valence electrons. The van der Waals surface area contributed by atoms with E-state index in [0.29, 0.717) is 16.1 Å². The van der Waals surface area contributed by atoms with Crippen LogP contribution in [0.5, 0.6) is 0 Å². The molecule has 0 saturated carbocycles. The highest BCUT2D eigenvalue weighted by molar-refractivity contribution is 6.31. The van der Waals surface area contributed by atoms with Crippen LogP contribution in [0.1, 0.15) is 27.7 Å². The van der Waals surface area contributed by atoms with Crippen molar-refractivity contribution in [1.29, 1.82) is 0 Å². The van der Waals surface area contributed by atoms with Crippen LogP contribution in [-0.4, -0.2) is 10.8 Å². The molecule has 4 rings (SSSR count). The Labute approximate surface area is 172 Å². The Bertz CT molecular complexity index is 1140. The van der Waals surface area contributed by atoms with E-state index in [2.05, 4.69) is 5.32 Å². The fourth-order valence-electron chi connectivity index (χ4n) is 3.37. The maximum atomic E-state index is 14.2. The van der Waals surface area contributed by atoms with Crippen molar-refractivity contribution in [3.63, 3.8) is 0 Å². The van der Waals surface area contributed by atoms with Crippen molar-refractivity contribution in [3.8, 4) is 0 Å². The van der Waals surface area contributed by atoms with Gasteiger partial charge < -0.3 is 10.2 Å². The summed E-state index contributed by atoms with van der Waals surface area (Å²) < 4.78 is 69.2. The van der Waals surface area contributed by atoms with E-state index in [0.717, 1.165) is 0 Å². The Hall–Kier alpha value is -3.13. The molecular formula is C21H12ClF5N2O. The van der Waals surface area contributed by atoms with Crippen molar-refractivity contribution in [2.24, 2.45) is 0 Å². The van der Waals surface area contributed by atoms with Gasteiger partial charge >= 0.3 is 0 Å². The van der Waals surface area contributed by atoms with E-state index in [-0.39, 0.29) is 12.1 Å². The summed E-state index contributed by atoms with van der Waals surface area (Å²) in [6.07, 6.45) is -1.18. The average Bonchev–Trinajstić information content (AvgIpc) is 3.01. The summed E-state index contributed by atoms with van der Waals surface area (Å²) in [6, 6.07) is 12.9. The van der Waals surface area contributed by atoms with Gasteiger partial charge in [0.1, 0.15) is 11.9 Å². The van der Waals surface area contributed by atoms with E-state index in [9.17, 15) is 26.7 Å². The minimum atomic E-state index is -2.26. The van der Waals surface area contributed by atoms with Crippen molar-refractivity contribution >= 4 is 23.2 Å². The molecule has 1 N–H and O–H groups in total. The van der Waals surface area contributed by atoms with Crippen LogP contribution >= 0.6 is 11.6 Å². The molecule has 1 atom stereocenters. The lowest BCUT2D eigenvalue weighted by atomic mass is 10.1. The van der Waals surface area contributed by atoms with Gasteiger partial charge in [0.05, 0.1) is 0 Å². The van der Waals surface area contributed by atoms with Gasteiger partial charge in [-0.25, -0.2) is 22.0 Å². The molecule has 0 aromatic heterocycles. The maximum absolute atomic E-state index is 14.2. The highest BCUT2D eigenvalue weighted by Crippen LogP contribution is 2.38. The molecule has 1 heterocycles. The fourth-order valence-corrected chi connectivity index (χ4v) is 3.56. The van der Waals surface area contributed by atoms with Crippen LogP contribution in [0.15, 0.2) is 48.5 Å². The lowest BCUT2D eigenvalue weighted by Crippen LogP contribution is -2.32. The third kappa shape index (κ3) is 3.17. The van der Waals surface area contributed by atoms with Gasteiger partial charge in [-0.15, -0.1) is 0 Å². The third-order valence-electron chi connectivity index (χ3n) is 4.85. The van der Waals surface area contributed by atoms with Crippen LogP contribution in [0.4, 0.5) is 27.6 Å². The van der Waals surface area contributed by atoms with Crippen LogP contribution in [0.25, 0.3) is 0 Å². The fraction of sp³-hybridized carbons (Fsp3) is 0.0952. The van der Waals surface area contributed by atoms with Crippen molar-refractivity contribution in [1.82, 2.24) is 4.90 Å². The first-order valence-corrected chi connectivity index (χ1v) is 9.10. The molecule has 30 heavy (non-hydrogen) atoms. The smallest absolute Gasteiger partial charge is 0.256 e. The molecule has 0 unspecified atom stereocenters. The molecule has 0 bridgehead atoms.